The summed E-state index contributed by atoms with van der Waals surface area (Å²) in [5, 5.41) is 3.29. The van der Waals surface area contributed by atoms with Gasteiger partial charge >= 0.3 is 0 Å². The van der Waals surface area contributed by atoms with Gasteiger partial charge in [0.1, 0.15) is 11.6 Å². The average Bonchev–Trinajstić information content (AvgIpc) is 2.25. The van der Waals surface area contributed by atoms with Crippen molar-refractivity contribution < 1.29 is 9.13 Å². The molecule has 3 heteroatoms. The van der Waals surface area contributed by atoms with Gasteiger partial charge in [-0.1, -0.05) is 13.8 Å². The molecule has 2 nitrogen and oxygen atoms in total. The normalized spacial score (nSPS) is 12.6. The quantitative estimate of drug-likeness (QED) is 0.808. The molecule has 1 aromatic carbocycles. The summed E-state index contributed by atoms with van der Waals surface area (Å²) < 4.78 is 18.3. The molecule has 0 bridgehead atoms. The molecular formula is C14H22FNO. The van der Waals surface area contributed by atoms with Crippen LogP contribution in [0.2, 0.25) is 0 Å². The number of nitrogens with one attached hydrogen (secondary N) is 1. The van der Waals surface area contributed by atoms with Gasteiger partial charge < -0.3 is 10.1 Å². The minimum atomic E-state index is -0.275. The molecule has 17 heavy (non-hydrogen) atoms. The lowest BCUT2D eigenvalue weighted by Gasteiger charge is -2.17. The van der Waals surface area contributed by atoms with E-state index in [1.807, 2.05) is 6.07 Å². The Kier molecular flexibility index (Phi) is 5.26. The molecule has 96 valence electrons. The molecule has 1 N–H and O–H groups in total. The van der Waals surface area contributed by atoms with Crippen LogP contribution >= 0.6 is 0 Å². The SMILES string of the molecule is COc1cc(F)cc(NC(C)CCC(C)C)c1. The van der Waals surface area contributed by atoms with Crippen LogP contribution in [0.3, 0.4) is 0 Å². The summed E-state index contributed by atoms with van der Waals surface area (Å²) in [6.07, 6.45) is 2.25. The van der Waals surface area contributed by atoms with E-state index in [-0.39, 0.29) is 5.82 Å². The number of ether oxygens (including phenoxy) is 1. The fourth-order valence-electron chi connectivity index (χ4n) is 1.70. The number of hydrogen-bond donors (Lipinski definition) is 1. The highest BCUT2D eigenvalue weighted by Crippen LogP contribution is 2.21. The van der Waals surface area contributed by atoms with Crippen LogP contribution in [0.5, 0.6) is 5.75 Å². The largest absolute Gasteiger partial charge is 0.497 e. The number of anilines is 1. The molecule has 0 aliphatic carbocycles. The zero-order valence-corrected chi connectivity index (χ0v) is 11.1. The zero-order valence-electron chi connectivity index (χ0n) is 11.1. The molecule has 1 atom stereocenters. The van der Waals surface area contributed by atoms with Gasteiger partial charge in [-0.15, -0.1) is 0 Å². The van der Waals surface area contributed by atoms with Crippen LogP contribution in [0.15, 0.2) is 18.2 Å². The van der Waals surface area contributed by atoms with Crippen molar-refractivity contribution in [3.05, 3.63) is 24.0 Å². The molecule has 1 aromatic rings. The first-order valence-corrected chi connectivity index (χ1v) is 6.12. The Balaban J connectivity index is 2.58. The maximum Gasteiger partial charge on any atom is 0.128 e. The van der Waals surface area contributed by atoms with E-state index in [9.17, 15) is 4.39 Å². The third-order valence-corrected chi connectivity index (χ3v) is 2.70. The highest BCUT2D eigenvalue weighted by Gasteiger charge is 2.06. The molecule has 0 aliphatic rings. The molecule has 0 saturated heterocycles. The first-order chi connectivity index (χ1) is 8.01. The Morgan fingerprint density at radius 3 is 2.47 bits per heavy atom. The minimum absolute atomic E-state index is 0.275. The van der Waals surface area contributed by atoms with Crippen molar-refractivity contribution in [1.82, 2.24) is 0 Å². The highest BCUT2D eigenvalue weighted by atomic mass is 19.1. The molecular weight excluding hydrogens is 217 g/mol. The number of halogens is 1. The summed E-state index contributed by atoms with van der Waals surface area (Å²) in [7, 11) is 1.54. The van der Waals surface area contributed by atoms with E-state index < -0.39 is 0 Å². The first-order valence-electron chi connectivity index (χ1n) is 6.12. The van der Waals surface area contributed by atoms with Gasteiger partial charge in [-0.05, 0) is 31.7 Å². The van der Waals surface area contributed by atoms with Gasteiger partial charge in [0, 0.05) is 23.9 Å². The molecule has 0 fully saturated rings. The summed E-state index contributed by atoms with van der Waals surface area (Å²) in [6.45, 7) is 6.52. The summed E-state index contributed by atoms with van der Waals surface area (Å²) in [5.74, 6) is 0.966. The van der Waals surface area contributed by atoms with Crippen molar-refractivity contribution in [1.29, 1.82) is 0 Å². The monoisotopic (exact) mass is 239 g/mol. The van der Waals surface area contributed by atoms with Crippen LogP contribution in [-0.4, -0.2) is 13.2 Å². The van der Waals surface area contributed by atoms with Crippen molar-refractivity contribution >= 4 is 5.69 Å². The second-order valence-corrected chi connectivity index (χ2v) is 4.90. The van der Waals surface area contributed by atoms with Crippen LogP contribution in [0, 0.1) is 11.7 Å². The van der Waals surface area contributed by atoms with E-state index >= 15 is 0 Å². The summed E-state index contributed by atoms with van der Waals surface area (Å²) in [4.78, 5) is 0. The van der Waals surface area contributed by atoms with Crippen molar-refractivity contribution in [3.8, 4) is 5.75 Å². The third-order valence-electron chi connectivity index (χ3n) is 2.70. The van der Waals surface area contributed by atoms with Gasteiger partial charge in [-0.2, -0.15) is 0 Å². The first kappa shape index (κ1) is 13.8. The number of rotatable bonds is 6. The van der Waals surface area contributed by atoms with Gasteiger partial charge in [-0.25, -0.2) is 4.39 Å². The topological polar surface area (TPSA) is 21.3 Å². The van der Waals surface area contributed by atoms with Crippen LogP contribution in [0.4, 0.5) is 10.1 Å². The predicted octanol–water partition coefficient (Wildman–Crippen LogP) is 4.07. The van der Waals surface area contributed by atoms with Crippen molar-refractivity contribution in [3.63, 3.8) is 0 Å². The van der Waals surface area contributed by atoms with E-state index in [1.165, 1.54) is 18.6 Å². The number of hydrogen-bond acceptors (Lipinski definition) is 2. The van der Waals surface area contributed by atoms with E-state index in [2.05, 4.69) is 26.1 Å². The van der Waals surface area contributed by atoms with Crippen molar-refractivity contribution in [2.45, 2.75) is 39.7 Å². The van der Waals surface area contributed by atoms with Crippen LogP contribution in [-0.2, 0) is 0 Å². The molecule has 0 aliphatic heterocycles. The van der Waals surface area contributed by atoms with Gasteiger partial charge in [0.2, 0.25) is 0 Å². The molecule has 0 amide bonds. The Hall–Kier alpha value is -1.25. The van der Waals surface area contributed by atoms with Crippen molar-refractivity contribution in [2.75, 3.05) is 12.4 Å². The van der Waals surface area contributed by atoms with Gasteiger partial charge in [-0.3, -0.25) is 0 Å². The van der Waals surface area contributed by atoms with Gasteiger partial charge in [0.15, 0.2) is 0 Å². The molecule has 1 unspecified atom stereocenters. The van der Waals surface area contributed by atoms with E-state index in [4.69, 9.17) is 4.74 Å². The smallest absolute Gasteiger partial charge is 0.128 e. The van der Waals surface area contributed by atoms with E-state index in [0.29, 0.717) is 17.7 Å². The fraction of sp³-hybridized carbons (Fsp3) is 0.571. The van der Waals surface area contributed by atoms with Gasteiger partial charge in [0.05, 0.1) is 7.11 Å². The summed E-state index contributed by atoms with van der Waals surface area (Å²) in [6, 6.07) is 5.02. The van der Waals surface area contributed by atoms with E-state index in [0.717, 1.165) is 12.1 Å². The summed E-state index contributed by atoms with van der Waals surface area (Å²) in [5.41, 5.74) is 0.776. The molecule has 0 saturated carbocycles. The van der Waals surface area contributed by atoms with Crippen LogP contribution in [0.25, 0.3) is 0 Å². The number of methoxy groups -OCH3 is 1. The summed E-state index contributed by atoms with van der Waals surface area (Å²) >= 11 is 0. The molecule has 0 aromatic heterocycles. The Bertz CT molecular complexity index is 352. The fourth-order valence-corrected chi connectivity index (χ4v) is 1.70. The lowest BCUT2D eigenvalue weighted by Crippen LogP contribution is -2.15. The lowest BCUT2D eigenvalue weighted by molar-refractivity contribution is 0.411. The maximum atomic E-state index is 13.3. The zero-order chi connectivity index (χ0) is 12.8. The predicted molar refractivity (Wildman–Crippen MR) is 70.1 cm³/mol. The van der Waals surface area contributed by atoms with Crippen LogP contribution in [0.1, 0.15) is 33.6 Å². The van der Waals surface area contributed by atoms with Crippen molar-refractivity contribution in [2.24, 2.45) is 5.92 Å². The number of benzene rings is 1. The van der Waals surface area contributed by atoms with Gasteiger partial charge in [0.25, 0.3) is 0 Å². The molecule has 0 radical (unpaired) electrons. The highest BCUT2D eigenvalue weighted by molar-refractivity contribution is 5.49. The molecule has 0 heterocycles. The maximum absolute atomic E-state index is 13.3. The minimum Gasteiger partial charge on any atom is -0.497 e. The van der Waals surface area contributed by atoms with Crippen LogP contribution < -0.4 is 10.1 Å². The Labute approximate surface area is 103 Å². The average molecular weight is 239 g/mol. The second kappa shape index (κ2) is 6.48. The lowest BCUT2D eigenvalue weighted by atomic mass is 10.0. The Morgan fingerprint density at radius 1 is 1.18 bits per heavy atom. The second-order valence-electron chi connectivity index (χ2n) is 4.90. The Morgan fingerprint density at radius 2 is 1.88 bits per heavy atom. The third kappa shape index (κ3) is 5.07. The molecule has 1 rings (SSSR count). The van der Waals surface area contributed by atoms with E-state index in [1.54, 1.807) is 7.11 Å². The standard InChI is InChI=1S/C14H22FNO/c1-10(2)5-6-11(3)16-13-7-12(15)8-14(9-13)17-4/h7-11,16H,5-6H2,1-4H3. The molecule has 0 spiro atoms.